The quantitative estimate of drug-likeness (QED) is 0.581. The number of ether oxygens (including phenoxy) is 1. The maximum Gasteiger partial charge on any atom is 0.333 e. The number of imide groups is 1. The minimum absolute atomic E-state index is 0.0525. The molecule has 2 unspecified atom stereocenters. The lowest BCUT2D eigenvalue weighted by molar-refractivity contribution is -0.556. The van der Waals surface area contributed by atoms with Crippen LogP contribution < -0.4 is 9.64 Å². The first-order valence-electron chi connectivity index (χ1n) is 11.1. The van der Waals surface area contributed by atoms with Crippen molar-refractivity contribution in [2.24, 2.45) is 4.99 Å². The number of urea groups is 1. The number of Topliss-reactive ketones (excluding diaryl/α,β-unsaturated/α-hetero) is 1. The monoisotopic (exact) mass is 455 g/mol. The summed E-state index contributed by atoms with van der Waals surface area (Å²) in [5.41, 5.74) is 1.15. The Morgan fingerprint density at radius 3 is 2.33 bits per heavy atom. The fraction of sp³-hybridized carbons (Fsp3) is 0.522. The molecular weight excluding hydrogens is 424 g/mol. The van der Waals surface area contributed by atoms with Crippen molar-refractivity contribution in [3.8, 4) is 5.75 Å². The highest BCUT2D eigenvalue weighted by atomic mass is 16.5. The van der Waals surface area contributed by atoms with Crippen LogP contribution in [0.3, 0.4) is 0 Å². The molecule has 1 aromatic rings. The van der Waals surface area contributed by atoms with Gasteiger partial charge in [-0.15, -0.1) is 0 Å². The van der Waals surface area contributed by atoms with Gasteiger partial charge in [-0.3, -0.25) is 24.3 Å². The van der Waals surface area contributed by atoms with Crippen LogP contribution in [0.15, 0.2) is 29.3 Å². The van der Waals surface area contributed by atoms with Crippen LogP contribution in [-0.4, -0.2) is 115 Å². The van der Waals surface area contributed by atoms with Crippen LogP contribution >= 0.6 is 0 Å². The van der Waals surface area contributed by atoms with Crippen molar-refractivity contribution < 1.29 is 23.7 Å². The zero-order valence-corrected chi connectivity index (χ0v) is 19.8. The van der Waals surface area contributed by atoms with E-state index in [0.717, 1.165) is 42.5 Å². The van der Waals surface area contributed by atoms with E-state index in [1.165, 1.54) is 18.9 Å². The van der Waals surface area contributed by atoms with E-state index in [0.29, 0.717) is 18.2 Å². The van der Waals surface area contributed by atoms with E-state index in [4.69, 9.17) is 9.73 Å². The van der Waals surface area contributed by atoms with Gasteiger partial charge in [-0.2, -0.15) is 0 Å². The van der Waals surface area contributed by atoms with Gasteiger partial charge >= 0.3 is 11.9 Å². The molecule has 3 aliphatic rings. The topological polar surface area (TPSA) is 88.8 Å². The Hall–Kier alpha value is -3.27. The van der Waals surface area contributed by atoms with Crippen molar-refractivity contribution in [2.75, 3.05) is 58.8 Å². The molecule has 2 atom stereocenters. The predicted molar refractivity (Wildman–Crippen MR) is 124 cm³/mol. The fourth-order valence-electron chi connectivity index (χ4n) is 4.53. The first-order valence-corrected chi connectivity index (χ1v) is 11.1. The van der Waals surface area contributed by atoms with Crippen LogP contribution in [0.4, 0.5) is 10.5 Å². The molecule has 3 heterocycles. The minimum Gasteiger partial charge on any atom is -0.497 e. The van der Waals surface area contributed by atoms with Crippen LogP contribution in [0.5, 0.6) is 5.75 Å². The summed E-state index contributed by atoms with van der Waals surface area (Å²) in [6.45, 7) is 7.13. The second-order valence-corrected chi connectivity index (χ2v) is 8.68. The summed E-state index contributed by atoms with van der Waals surface area (Å²) in [4.78, 5) is 49.5. The minimum atomic E-state index is -0.757. The Morgan fingerprint density at radius 1 is 1.12 bits per heavy atom. The van der Waals surface area contributed by atoms with E-state index in [-0.39, 0.29) is 11.7 Å². The van der Waals surface area contributed by atoms with Gasteiger partial charge < -0.3 is 9.64 Å². The van der Waals surface area contributed by atoms with Gasteiger partial charge in [-0.25, -0.2) is 9.37 Å². The molecule has 0 aliphatic carbocycles. The molecule has 0 N–H and O–H groups in total. The SMILES string of the molecule is COc1ccc(N2CCN(CC3=[N+](C(C)C(C)=O)C4C(=O)N(C)C(=O)N(C)C4=N3)CC2)cc1. The number of carbonyl (C=O) groups is 3. The lowest BCUT2D eigenvalue weighted by atomic mass is 10.1. The number of ketones is 1. The number of hydrogen-bond donors (Lipinski definition) is 0. The number of anilines is 1. The largest absolute Gasteiger partial charge is 0.497 e. The number of amides is 3. The van der Waals surface area contributed by atoms with Gasteiger partial charge in [0.25, 0.3) is 17.8 Å². The van der Waals surface area contributed by atoms with E-state index >= 15 is 0 Å². The first-order chi connectivity index (χ1) is 15.7. The summed E-state index contributed by atoms with van der Waals surface area (Å²) in [5.74, 6) is 1.47. The molecule has 10 nitrogen and oxygen atoms in total. The molecule has 0 bridgehead atoms. The lowest BCUT2D eigenvalue weighted by Crippen LogP contribution is -2.63. The summed E-state index contributed by atoms with van der Waals surface area (Å²) in [6, 6.07) is 6.34. The number of benzene rings is 1. The molecule has 2 fully saturated rings. The molecule has 0 spiro atoms. The molecule has 10 heteroatoms. The Kier molecular flexibility index (Phi) is 6.20. The molecule has 176 valence electrons. The average molecular weight is 456 g/mol. The van der Waals surface area contributed by atoms with E-state index in [1.807, 2.05) is 12.1 Å². The van der Waals surface area contributed by atoms with Crippen molar-refractivity contribution in [2.45, 2.75) is 25.9 Å². The van der Waals surface area contributed by atoms with Gasteiger partial charge in [0.05, 0.1) is 7.11 Å². The number of piperazine rings is 1. The number of methoxy groups -OCH3 is 1. The Bertz CT molecular complexity index is 1030. The molecule has 0 radical (unpaired) electrons. The normalized spacial score (nSPS) is 22.5. The zero-order valence-electron chi connectivity index (χ0n) is 19.8. The van der Waals surface area contributed by atoms with Crippen LogP contribution in [0, 0.1) is 0 Å². The number of fused-ring (bicyclic) bond motifs is 1. The average Bonchev–Trinajstić information content (AvgIpc) is 3.20. The summed E-state index contributed by atoms with van der Waals surface area (Å²) >= 11 is 0. The van der Waals surface area contributed by atoms with Crippen LogP contribution in [-0.2, 0) is 9.59 Å². The molecule has 0 aromatic heterocycles. The Labute approximate surface area is 193 Å². The zero-order chi connectivity index (χ0) is 23.9. The number of nitrogens with zero attached hydrogens (tertiary/aromatic N) is 6. The molecule has 3 aliphatic heterocycles. The third kappa shape index (κ3) is 4.10. The maximum atomic E-state index is 13.0. The lowest BCUT2D eigenvalue weighted by Gasteiger charge is -2.35. The van der Waals surface area contributed by atoms with Gasteiger partial charge in [0.1, 0.15) is 12.3 Å². The van der Waals surface area contributed by atoms with Crippen molar-refractivity contribution in [1.82, 2.24) is 14.7 Å². The third-order valence-electron chi connectivity index (χ3n) is 6.73. The number of hydrogen-bond acceptors (Lipinski definition) is 7. The van der Waals surface area contributed by atoms with Crippen LogP contribution in [0.25, 0.3) is 0 Å². The molecule has 3 amide bonds. The van der Waals surface area contributed by atoms with Crippen molar-refractivity contribution in [1.29, 1.82) is 0 Å². The molecular formula is C23H31N6O4+. The van der Waals surface area contributed by atoms with Crippen LogP contribution in [0.2, 0.25) is 0 Å². The summed E-state index contributed by atoms with van der Waals surface area (Å²) < 4.78 is 7.03. The molecule has 4 rings (SSSR count). The first kappa shape index (κ1) is 22.9. The number of likely N-dealkylation sites (N-methyl/N-ethyl adjacent to an activating group) is 2. The molecule has 2 saturated heterocycles. The van der Waals surface area contributed by atoms with Gasteiger partial charge in [-0.1, -0.05) is 0 Å². The number of amidine groups is 2. The Morgan fingerprint density at radius 2 is 1.76 bits per heavy atom. The van der Waals surface area contributed by atoms with Gasteiger partial charge in [0.15, 0.2) is 11.8 Å². The van der Waals surface area contributed by atoms with Gasteiger partial charge in [0.2, 0.25) is 0 Å². The predicted octanol–water partition coefficient (Wildman–Crippen LogP) is 0.510. The van der Waals surface area contributed by atoms with E-state index in [9.17, 15) is 14.4 Å². The van der Waals surface area contributed by atoms with E-state index < -0.39 is 18.1 Å². The maximum absolute atomic E-state index is 13.0. The number of aliphatic imine (C=N–C) groups is 1. The van der Waals surface area contributed by atoms with Gasteiger partial charge in [-0.05, 0) is 43.1 Å². The summed E-state index contributed by atoms with van der Waals surface area (Å²) in [7, 11) is 4.73. The molecule has 0 saturated carbocycles. The highest BCUT2D eigenvalue weighted by molar-refractivity contribution is 6.23. The fourth-order valence-corrected chi connectivity index (χ4v) is 4.53. The Balaban J connectivity index is 1.53. The van der Waals surface area contributed by atoms with Crippen LogP contribution in [0.1, 0.15) is 13.8 Å². The highest BCUT2D eigenvalue weighted by Crippen LogP contribution is 2.23. The molecule has 1 aromatic carbocycles. The molecule has 33 heavy (non-hydrogen) atoms. The third-order valence-corrected chi connectivity index (χ3v) is 6.73. The standard InChI is InChI=1S/C23H31N6O4/c1-15(16(2)30)29-19(24-21-20(29)22(31)26(4)23(32)25(21)3)14-27-10-12-28(13-11-27)17-6-8-18(33-5)9-7-17/h6-9,15,20H,10-14H2,1-5H3/q+1. The number of carbonyl (C=O) groups excluding carboxylic acids is 3. The second-order valence-electron chi connectivity index (χ2n) is 8.68. The smallest absolute Gasteiger partial charge is 0.333 e. The van der Waals surface area contributed by atoms with E-state index in [1.54, 1.807) is 25.7 Å². The van der Waals surface area contributed by atoms with Crippen molar-refractivity contribution in [3.05, 3.63) is 24.3 Å². The van der Waals surface area contributed by atoms with Gasteiger partial charge in [0, 0.05) is 46.0 Å². The highest BCUT2D eigenvalue weighted by Gasteiger charge is 2.54. The second kappa shape index (κ2) is 8.93. The van der Waals surface area contributed by atoms with Crippen molar-refractivity contribution >= 4 is 35.1 Å². The summed E-state index contributed by atoms with van der Waals surface area (Å²) in [6.07, 6.45) is 0. The number of rotatable bonds is 6. The summed E-state index contributed by atoms with van der Waals surface area (Å²) in [5, 5.41) is 0. The van der Waals surface area contributed by atoms with Crippen molar-refractivity contribution in [3.63, 3.8) is 0 Å². The van der Waals surface area contributed by atoms with E-state index in [2.05, 4.69) is 21.9 Å².